The second-order valence-electron chi connectivity index (χ2n) is 13.9. The van der Waals surface area contributed by atoms with Crippen LogP contribution in [0.5, 0.6) is 0 Å². The molecule has 6 atom stereocenters. The van der Waals surface area contributed by atoms with E-state index in [0.29, 0.717) is 22.6 Å². The van der Waals surface area contributed by atoms with Crippen molar-refractivity contribution in [1.29, 1.82) is 5.26 Å². The minimum Gasteiger partial charge on any atom is -0.370 e. The third kappa shape index (κ3) is 16.3. The third-order valence-electron chi connectivity index (χ3n) is 8.75. The van der Waals surface area contributed by atoms with Gasteiger partial charge in [-0.25, -0.2) is 20.0 Å². The number of nitrogens with one attached hydrogen (secondary N) is 5. The highest BCUT2D eigenvalue weighted by Gasteiger charge is 2.39. The van der Waals surface area contributed by atoms with Crippen LogP contribution in [0.4, 0.5) is 17.1 Å². The summed E-state index contributed by atoms with van der Waals surface area (Å²) in [6.07, 6.45) is -8.36. The largest absolute Gasteiger partial charge is 0.370 e. The van der Waals surface area contributed by atoms with Crippen molar-refractivity contribution < 1.29 is 43.7 Å². The Morgan fingerprint density at radius 1 is 0.620 bits per heavy atom. The van der Waals surface area contributed by atoms with Crippen LogP contribution in [0.15, 0.2) is 98.8 Å². The van der Waals surface area contributed by atoms with E-state index < -0.39 is 135 Å². The Morgan fingerprint density at radius 3 is 1.41 bits per heavy atom. The van der Waals surface area contributed by atoms with Crippen LogP contribution in [0.3, 0.4) is 0 Å². The second kappa shape index (κ2) is 25.3. The zero-order valence-electron chi connectivity index (χ0n) is 36.6. The number of aliphatic imine (C=N–C) groups is 4. The molecule has 0 fully saturated rings. The fourth-order valence-electron chi connectivity index (χ4n) is 5.82. The van der Waals surface area contributed by atoms with E-state index in [1.54, 1.807) is 36.4 Å². The van der Waals surface area contributed by atoms with Gasteiger partial charge in [0.15, 0.2) is 29.5 Å². The normalized spacial score (nSPS) is 13.0. The van der Waals surface area contributed by atoms with Crippen LogP contribution in [-0.4, -0.2) is 112 Å². The molecule has 6 unspecified atom stereocenters. The number of primary amides is 1. The fourth-order valence-corrected chi connectivity index (χ4v) is 5.82. The molecule has 0 saturated carbocycles. The first kappa shape index (κ1) is 54.7. The van der Waals surface area contributed by atoms with Gasteiger partial charge in [-0.3, -0.25) is 49.0 Å². The van der Waals surface area contributed by atoms with Crippen molar-refractivity contribution in [2.24, 2.45) is 71.6 Å². The van der Waals surface area contributed by atoms with Crippen molar-refractivity contribution >= 4 is 82.4 Å². The molecule has 0 aliphatic carbocycles. The molecule has 0 heterocycles. The first-order valence-corrected chi connectivity index (χ1v) is 19.7. The summed E-state index contributed by atoms with van der Waals surface area (Å²) in [6.45, 7) is -0.639. The lowest BCUT2D eigenvalue weighted by Gasteiger charge is -2.29. The number of nitro groups is 2. The van der Waals surface area contributed by atoms with Crippen LogP contribution in [-0.2, 0) is 28.8 Å². The molecule has 24 N–H and O–H groups in total. The number of nitro benzene ring substituents is 2. The lowest BCUT2D eigenvalue weighted by Crippen LogP contribution is -2.58. The minimum atomic E-state index is -2.59. The number of guanidine groups is 4. The van der Waals surface area contributed by atoms with Gasteiger partial charge in [0, 0.05) is 18.7 Å². The third-order valence-corrected chi connectivity index (χ3v) is 8.75. The van der Waals surface area contributed by atoms with Gasteiger partial charge in [0.05, 0.1) is 21.5 Å². The molecular weight excluding hydrogens is 941 g/mol. The van der Waals surface area contributed by atoms with E-state index in [9.17, 15) is 59.4 Å². The van der Waals surface area contributed by atoms with Crippen LogP contribution >= 0.6 is 0 Å². The average Bonchev–Trinajstić information content (AvgIpc) is 3.30. The van der Waals surface area contributed by atoms with E-state index in [4.69, 9.17) is 51.6 Å². The molecule has 374 valence electrons. The van der Waals surface area contributed by atoms with Crippen LogP contribution in [0, 0.1) is 31.6 Å². The lowest BCUT2D eigenvalue weighted by molar-refractivity contribution is -0.392. The number of benzene rings is 3. The smallest absolute Gasteiger partial charge is 0.301 e. The monoisotopic (exact) mass is 986 g/mol. The number of anilines is 1. The topological polar surface area (TPSA) is 580 Å². The van der Waals surface area contributed by atoms with Crippen molar-refractivity contribution in [1.82, 2.24) is 26.6 Å². The summed E-state index contributed by atoms with van der Waals surface area (Å²) in [6, 6.07) is 16.3. The second-order valence-corrected chi connectivity index (χ2v) is 13.9. The van der Waals surface area contributed by atoms with E-state index in [1.807, 2.05) is 16.0 Å². The van der Waals surface area contributed by atoms with E-state index in [-0.39, 0.29) is 5.56 Å². The zero-order valence-corrected chi connectivity index (χ0v) is 36.6. The Kier molecular flexibility index (Phi) is 19.5. The molecule has 3 aromatic carbocycles. The number of rotatable bonds is 23. The summed E-state index contributed by atoms with van der Waals surface area (Å²) in [5.41, 5.74) is 45.6. The molecule has 0 spiro atoms. The molecule has 33 nitrogen and oxygen atoms in total. The standard InChI is InChI=1S/C38H46N22O11/c39-16-18-14-20(59(68)69)23(21(15-18)60(70)71)58(13-7-10-17-8-3-1-4-9-17)34(67)33(66)49-22(19-11-5-2-6-12-19)29(62)51-26(55-36(43)44)31(64)53-28(57-38(47)48)32(65)52-27(56-37(45)46)30(63)50-25(24(40)61)54-35(41)42/h1-12,14-15,22,25-28,34,67H,13H2,(H2,40,61)(H,49,66)(H,50,63)(H,51,62)(H,52,65)(H,53,64)(H4,41,42,54)(H4,43,44,55)(H4,45,46,56)(H4,47,48,57)/b10-7-. The average molecular weight is 987 g/mol. The van der Waals surface area contributed by atoms with Gasteiger partial charge in [0.2, 0.25) is 36.8 Å². The molecule has 0 aliphatic rings. The summed E-state index contributed by atoms with van der Waals surface area (Å²) in [4.78, 5) is 118. The van der Waals surface area contributed by atoms with Crippen molar-refractivity contribution in [2.45, 2.75) is 36.9 Å². The van der Waals surface area contributed by atoms with Crippen LogP contribution in [0.25, 0.3) is 6.08 Å². The molecule has 3 aromatic rings. The maximum absolute atomic E-state index is 14.2. The molecule has 6 amide bonds. The van der Waals surface area contributed by atoms with Crippen LogP contribution < -0.4 is 83.1 Å². The lowest BCUT2D eigenvalue weighted by atomic mass is 10.1. The molecule has 0 aromatic heterocycles. The molecule has 0 aliphatic heterocycles. The maximum atomic E-state index is 14.2. The van der Waals surface area contributed by atoms with Crippen LogP contribution in [0.2, 0.25) is 0 Å². The number of nitriles is 1. The van der Waals surface area contributed by atoms with Gasteiger partial charge in [-0.15, -0.1) is 0 Å². The number of nitrogens with two attached hydrogens (primary N) is 9. The summed E-state index contributed by atoms with van der Waals surface area (Å²) in [7, 11) is 0. The number of amides is 6. The van der Waals surface area contributed by atoms with Gasteiger partial charge in [0.1, 0.15) is 6.04 Å². The fraction of sp³-hybridized carbons (Fsp3) is 0.184. The molecule has 0 radical (unpaired) electrons. The van der Waals surface area contributed by atoms with E-state index in [1.165, 1.54) is 42.5 Å². The first-order chi connectivity index (χ1) is 33.4. The molecule has 33 heteroatoms. The number of carbonyl (C=O) groups excluding carboxylic acids is 6. The Bertz CT molecular complexity index is 2660. The maximum Gasteiger partial charge on any atom is 0.301 e. The summed E-state index contributed by atoms with van der Waals surface area (Å²) < 4.78 is 0. The van der Waals surface area contributed by atoms with E-state index in [0.717, 1.165) is 0 Å². The number of nitrogens with zero attached hydrogens (tertiary/aromatic N) is 8. The quantitative estimate of drug-likeness (QED) is 0.0138. The van der Waals surface area contributed by atoms with Gasteiger partial charge < -0.3 is 88.2 Å². The number of aliphatic hydroxyl groups excluding tert-OH is 1. The van der Waals surface area contributed by atoms with Gasteiger partial charge in [0.25, 0.3) is 29.5 Å². The number of carbonyl (C=O) groups is 6. The molecule has 71 heavy (non-hydrogen) atoms. The predicted molar refractivity (Wildman–Crippen MR) is 251 cm³/mol. The summed E-state index contributed by atoms with van der Waals surface area (Å²) in [5.74, 6) is -11.6. The molecule has 3 rings (SSSR count). The highest BCUT2D eigenvalue weighted by Crippen LogP contribution is 2.39. The van der Waals surface area contributed by atoms with Gasteiger partial charge in [-0.05, 0) is 11.1 Å². The van der Waals surface area contributed by atoms with Crippen molar-refractivity contribution in [3.05, 3.63) is 116 Å². The number of hydrogen-bond acceptors (Lipinski definition) is 17. The van der Waals surface area contributed by atoms with Crippen molar-refractivity contribution in [3.63, 3.8) is 0 Å². The summed E-state index contributed by atoms with van der Waals surface area (Å²) in [5, 5.41) is 56.1. The van der Waals surface area contributed by atoms with Gasteiger partial charge in [-0.2, -0.15) is 5.26 Å². The SMILES string of the molecule is N#Cc1cc([N+](=O)[O-])c(N(C/C=C\c2ccccc2)C(O)C(=O)NC(C(=O)NC(N=C(N)N)C(=O)NC(N=C(N)N)C(=O)NC(N=C(N)N)C(=O)NC(N=C(N)N)C(N)=O)c2ccccc2)c([N+](=O)[O-])c1. The zero-order chi connectivity index (χ0) is 53.1. The van der Waals surface area contributed by atoms with E-state index >= 15 is 0 Å². The highest BCUT2D eigenvalue weighted by atomic mass is 16.6. The van der Waals surface area contributed by atoms with Gasteiger partial charge >= 0.3 is 11.4 Å². The van der Waals surface area contributed by atoms with Crippen molar-refractivity contribution in [2.75, 3.05) is 11.4 Å². The highest BCUT2D eigenvalue weighted by molar-refractivity contribution is 5.99. The van der Waals surface area contributed by atoms with Gasteiger partial charge in [-0.1, -0.05) is 72.8 Å². The minimum absolute atomic E-state index is 0.0551. The Labute approximate surface area is 399 Å². The summed E-state index contributed by atoms with van der Waals surface area (Å²) >= 11 is 0. The molecule has 0 saturated heterocycles. The van der Waals surface area contributed by atoms with Crippen molar-refractivity contribution in [3.8, 4) is 6.07 Å². The Balaban J connectivity index is 2.05. The van der Waals surface area contributed by atoms with E-state index in [2.05, 4.69) is 30.6 Å². The predicted octanol–water partition coefficient (Wildman–Crippen LogP) is -6.58. The first-order valence-electron chi connectivity index (χ1n) is 19.7. The molecule has 0 bridgehead atoms. The number of hydrogen-bond donors (Lipinski definition) is 15. The Hall–Kier alpha value is -10.7. The Morgan fingerprint density at radius 2 is 1.01 bits per heavy atom. The molecular formula is C38H46N22O11. The van der Waals surface area contributed by atoms with Crippen LogP contribution in [0.1, 0.15) is 22.7 Å². The number of aliphatic hydroxyl groups is 1.